The average molecular weight is 460 g/mol. The number of nitrogens with zero attached hydrogens (tertiary/aromatic N) is 2. The Morgan fingerprint density at radius 2 is 1.80 bits per heavy atom. The number of ether oxygens (including phenoxy) is 1. The molecule has 1 N–H and O–H groups in total. The molecule has 1 saturated heterocycles. The number of rotatable bonds is 9. The van der Waals surface area contributed by atoms with E-state index < -0.39 is 25.1 Å². The zero-order chi connectivity index (χ0) is 21.5. The summed E-state index contributed by atoms with van der Waals surface area (Å²) in [5, 5.41) is 2.50. The first kappa shape index (κ1) is 26.4. The highest BCUT2D eigenvalue weighted by atomic mass is 35.5. The molecule has 5 nitrogen and oxygen atoms in total. The van der Waals surface area contributed by atoms with Crippen molar-refractivity contribution in [3.05, 3.63) is 29.8 Å². The minimum atomic E-state index is -4.27. The number of carbonyl (C=O) groups is 1. The van der Waals surface area contributed by atoms with Crippen molar-refractivity contribution in [2.75, 3.05) is 52.9 Å². The van der Waals surface area contributed by atoms with E-state index in [2.05, 4.69) is 10.2 Å². The van der Waals surface area contributed by atoms with Gasteiger partial charge >= 0.3 is 6.18 Å². The van der Waals surface area contributed by atoms with Gasteiger partial charge in [-0.1, -0.05) is 12.1 Å². The third-order valence-corrected chi connectivity index (χ3v) is 4.61. The molecular weight excluding hydrogens is 433 g/mol. The van der Waals surface area contributed by atoms with Crippen molar-refractivity contribution in [1.82, 2.24) is 15.1 Å². The first-order chi connectivity index (χ1) is 13.6. The van der Waals surface area contributed by atoms with Gasteiger partial charge < -0.3 is 19.9 Å². The van der Waals surface area contributed by atoms with Gasteiger partial charge in [0.2, 0.25) is 5.91 Å². The Labute approximate surface area is 178 Å². The van der Waals surface area contributed by atoms with Gasteiger partial charge in [0.05, 0.1) is 19.7 Å². The lowest BCUT2D eigenvalue weighted by molar-refractivity contribution is -0.136. The van der Waals surface area contributed by atoms with E-state index >= 15 is 0 Å². The smallest absolute Gasteiger partial charge is 0.389 e. The van der Waals surface area contributed by atoms with Crippen molar-refractivity contribution in [3.63, 3.8) is 0 Å². The Kier molecular flexibility index (Phi) is 10.3. The van der Waals surface area contributed by atoms with Crippen molar-refractivity contribution in [3.8, 4) is 5.75 Å². The maximum Gasteiger partial charge on any atom is 0.389 e. The number of piperazine rings is 1. The Balaban J connectivity index is 0.00000450. The highest BCUT2D eigenvalue weighted by Gasteiger charge is 2.32. The first-order valence-electron chi connectivity index (χ1n) is 9.42. The zero-order valence-electron chi connectivity index (χ0n) is 16.7. The second kappa shape index (κ2) is 11.7. The number of hydrogen-bond donors (Lipinski definition) is 1. The van der Waals surface area contributed by atoms with Gasteiger partial charge in [0.15, 0.2) is 0 Å². The summed E-state index contributed by atoms with van der Waals surface area (Å²) < 4.78 is 70.4. The molecule has 1 aromatic carbocycles. The number of hydrogen-bond acceptors (Lipinski definition) is 4. The summed E-state index contributed by atoms with van der Waals surface area (Å²) in [6.45, 7) is 1.50. The first-order valence-corrected chi connectivity index (χ1v) is 9.42. The van der Waals surface area contributed by atoms with Crippen molar-refractivity contribution in [2.45, 2.75) is 24.9 Å². The molecule has 0 bridgehead atoms. The van der Waals surface area contributed by atoms with E-state index in [1.807, 2.05) is 7.05 Å². The number of halogens is 6. The van der Waals surface area contributed by atoms with Crippen LogP contribution in [0.15, 0.2) is 24.3 Å². The Morgan fingerprint density at radius 1 is 1.13 bits per heavy atom. The molecule has 1 fully saturated rings. The molecule has 11 heteroatoms. The van der Waals surface area contributed by atoms with E-state index in [-0.39, 0.29) is 49.2 Å². The van der Waals surface area contributed by atoms with Gasteiger partial charge in [-0.2, -0.15) is 22.0 Å². The van der Waals surface area contributed by atoms with Crippen molar-refractivity contribution in [1.29, 1.82) is 0 Å². The number of alkyl halides is 5. The monoisotopic (exact) mass is 459 g/mol. The molecule has 0 atom stereocenters. The molecular formula is C19H27ClF5N3O2. The molecule has 0 aromatic heterocycles. The van der Waals surface area contributed by atoms with E-state index in [0.717, 1.165) is 19.2 Å². The maximum absolute atomic E-state index is 14.4. The molecule has 2 rings (SSSR count). The SMILES string of the molecule is CN1CCN(C(=O)CNCC(F)(F)c2cccc(OCCCC(F)(F)F)c2)CC1.Cl. The molecule has 0 aliphatic carbocycles. The van der Waals surface area contributed by atoms with Crippen LogP contribution < -0.4 is 10.1 Å². The van der Waals surface area contributed by atoms with Crippen molar-refractivity contribution >= 4 is 18.3 Å². The van der Waals surface area contributed by atoms with E-state index in [1.165, 1.54) is 18.2 Å². The van der Waals surface area contributed by atoms with E-state index in [1.54, 1.807) is 4.90 Å². The molecule has 30 heavy (non-hydrogen) atoms. The summed E-state index contributed by atoms with van der Waals surface area (Å²) in [4.78, 5) is 15.8. The van der Waals surface area contributed by atoms with Crippen LogP contribution in [-0.2, 0) is 10.7 Å². The molecule has 172 valence electrons. The highest BCUT2D eigenvalue weighted by molar-refractivity contribution is 5.85. The minimum absolute atomic E-state index is 0. The van der Waals surface area contributed by atoms with Crippen LogP contribution in [0, 0.1) is 0 Å². The second-order valence-corrected chi connectivity index (χ2v) is 7.09. The summed E-state index contributed by atoms with van der Waals surface area (Å²) in [5.41, 5.74) is -0.328. The van der Waals surface area contributed by atoms with Crippen LogP contribution in [0.5, 0.6) is 5.75 Å². The van der Waals surface area contributed by atoms with Gasteiger partial charge in [0, 0.05) is 38.2 Å². The van der Waals surface area contributed by atoms with Crippen molar-refractivity contribution < 1.29 is 31.5 Å². The zero-order valence-corrected chi connectivity index (χ0v) is 17.5. The number of likely N-dealkylation sites (N-methyl/N-ethyl adjacent to an activating group) is 1. The lowest BCUT2D eigenvalue weighted by Gasteiger charge is -2.32. The normalized spacial score (nSPS) is 15.6. The van der Waals surface area contributed by atoms with E-state index in [9.17, 15) is 26.7 Å². The predicted octanol–water partition coefficient (Wildman–Crippen LogP) is 3.29. The predicted molar refractivity (Wildman–Crippen MR) is 105 cm³/mol. The molecule has 1 aliphatic rings. The molecule has 1 heterocycles. The van der Waals surface area contributed by atoms with Gasteiger partial charge in [-0.3, -0.25) is 4.79 Å². The fourth-order valence-corrected chi connectivity index (χ4v) is 2.87. The molecule has 1 amide bonds. The summed E-state index contributed by atoms with van der Waals surface area (Å²) in [5.74, 6) is -3.40. The molecule has 0 saturated carbocycles. The van der Waals surface area contributed by atoms with Crippen molar-refractivity contribution in [2.24, 2.45) is 0 Å². The van der Waals surface area contributed by atoms with Crippen LogP contribution in [0.1, 0.15) is 18.4 Å². The maximum atomic E-state index is 14.4. The number of nitrogens with one attached hydrogen (secondary N) is 1. The number of benzene rings is 1. The summed E-state index contributed by atoms with van der Waals surface area (Å²) in [6.07, 6.45) is -5.51. The van der Waals surface area contributed by atoms with Gasteiger partial charge in [-0.25, -0.2) is 0 Å². The Morgan fingerprint density at radius 3 is 2.43 bits per heavy atom. The fraction of sp³-hybridized carbons (Fsp3) is 0.632. The Hall–Kier alpha value is -1.65. The lowest BCUT2D eigenvalue weighted by atomic mass is 10.1. The summed E-state index contributed by atoms with van der Waals surface area (Å²) in [6, 6.07) is 5.10. The van der Waals surface area contributed by atoms with Crippen LogP contribution in [0.2, 0.25) is 0 Å². The standard InChI is InChI=1S/C19H26F5N3O2.ClH/c1-26-7-9-27(10-8-26)17(28)13-25-14-18(20,21)15-4-2-5-16(12-15)29-11-3-6-19(22,23)24;/h2,4-5,12,25H,3,6-11,13-14H2,1H3;1H. The number of amides is 1. The van der Waals surface area contributed by atoms with Crippen LogP contribution in [0.25, 0.3) is 0 Å². The molecule has 1 aliphatic heterocycles. The van der Waals surface area contributed by atoms with Gasteiger partial charge in [0.25, 0.3) is 5.92 Å². The topological polar surface area (TPSA) is 44.8 Å². The van der Waals surface area contributed by atoms with Crippen LogP contribution in [0.4, 0.5) is 22.0 Å². The fourth-order valence-electron chi connectivity index (χ4n) is 2.87. The average Bonchev–Trinajstić information content (AvgIpc) is 2.65. The molecule has 1 aromatic rings. The van der Waals surface area contributed by atoms with E-state index in [4.69, 9.17) is 4.74 Å². The summed E-state index contributed by atoms with van der Waals surface area (Å²) >= 11 is 0. The van der Waals surface area contributed by atoms with Crippen LogP contribution in [-0.4, -0.2) is 74.8 Å². The van der Waals surface area contributed by atoms with E-state index in [0.29, 0.717) is 13.1 Å². The molecule has 0 unspecified atom stereocenters. The van der Waals surface area contributed by atoms with Gasteiger partial charge in [-0.05, 0) is 25.6 Å². The minimum Gasteiger partial charge on any atom is -0.494 e. The van der Waals surface area contributed by atoms with Crippen LogP contribution >= 0.6 is 12.4 Å². The number of carbonyl (C=O) groups excluding carboxylic acids is 1. The second-order valence-electron chi connectivity index (χ2n) is 7.09. The molecule has 0 spiro atoms. The Bertz CT molecular complexity index is 668. The third kappa shape index (κ3) is 9.01. The highest BCUT2D eigenvalue weighted by Crippen LogP contribution is 2.30. The third-order valence-electron chi connectivity index (χ3n) is 4.61. The molecule has 0 radical (unpaired) electrons. The largest absolute Gasteiger partial charge is 0.494 e. The summed E-state index contributed by atoms with van der Waals surface area (Å²) in [7, 11) is 1.95. The van der Waals surface area contributed by atoms with Gasteiger partial charge in [0.1, 0.15) is 5.75 Å². The quantitative estimate of drug-likeness (QED) is 0.455. The van der Waals surface area contributed by atoms with Gasteiger partial charge in [-0.15, -0.1) is 12.4 Å². The van der Waals surface area contributed by atoms with Crippen LogP contribution in [0.3, 0.4) is 0 Å². The lowest BCUT2D eigenvalue weighted by Crippen LogP contribution is -2.50.